The summed E-state index contributed by atoms with van der Waals surface area (Å²) >= 11 is 0. The summed E-state index contributed by atoms with van der Waals surface area (Å²) in [5.74, 6) is 0. The normalized spacial score (nSPS) is 23.0. The van der Waals surface area contributed by atoms with E-state index in [0.717, 1.165) is 17.7 Å². The quantitative estimate of drug-likeness (QED) is 0.165. The SMILES string of the molecule is Cc1cc2c(cc1N(c1cc3c4c(c1)-n1c5oc6ccccc6c5c5cc(C(C)(C)C)cc(c51)B4c1cc(C(C)(C)C)cc4c1N3C1(C)CCCCC41C)c1ccc3c(c1C)C(C)(C)CCC3(C)C)C(C)(C)CCC2(C)C. The number of hydrogen-bond donors (Lipinski definition) is 0. The summed E-state index contributed by atoms with van der Waals surface area (Å²) in [7, 11) is 0. The van der Waals surface area contributed by atoms with Crippen molar-refractivity contribution in [1.82, 2.24) is 4.57 Å². The molecule has 3 aliphatic heterocycles. The molecular formula is C72H84BN3O. The van der Waals surface area contributed by atoms with Crippen molar-refractivity contribution in [2.75, 3.05) is 9.80 Å². The maximum absolute atomic E-state index is 7.33. The molecule has 0 saturated heterocycles. The van der Waals surface area contributed by atoms with Gasteiger partial charge in [0.15, 0.2) is 0 Å². The maximum atomic E-state index is 7.33. The summed E-state index contributed by atoms with van der Waals surface area (Å²) in [5, 5.41) is 3.71. The molecule has 2 atom stereocenters. The predicted molar refractivity (Wildman–Crippen MR) is 330 cm³/mol. The van der Waals surface area contributed by atoms with Crippen LogP contribution in [0.4, 0.5) is 28.4 Å². The number of fused-ring (bicyclic) bond motifs is 14. The van der Waals surface area contributed by atoms with Gasteiger partial charge in [0, 0.05) is 44.6 Å². The van der Waals surface area contributed by atoms with E-state index in [2.05, 4.69) is 224 Å². The lowest BCUT2D eigenvalue weighted by Gasteiger charge is -2.52. The zero-order valence-electron chi connectivity index (χ0n) is 50.1. The highest BCUT2D eigenvalue weighted by molar-refractivity contribution is 7.00. The molecule has 4 nitrogen and oxygen atoms in total. The van der Waals surface area contributed by atoms with E-state index >= 15 is 0 Å². The monoisotopic (exact) mass is 1020 g/mol. The van der Waals surface area contributed by atoms with Gasteiger partial charge in [-0.1, -0.05) is 165 Å². The second-order valence-electron chi connectivity index (χ2n) is 30.7. The van der Waals surface area contributed by atoms with Crippen LogP contribution in [0, 0.1) is 13.8 Å². The summed E-state index contributed by atoms with van der Waals surface area (Å²) in [4.78, 5) is 5.70. The number of nitrogens with zero attached hydrogens (tertiary/aromatic N) is 3. The minimum Gasteiger partial charge on any atom is -0.439 e. The number of rotatable bonds is 3. The fourth-order valence-electron chi connectivity index (χ4n) is 16.9. The number of hydrogen-bond acceptors (Lipinski definition) is 3. The number of furan rings is 1. The van der Waals surface area contributed by atoms with Crippen LogP contribution >= 0.6 is 0 Å². The molecule has 0 bridgehead atoms. The van der Waals surface area contributed by atoms with Crippen molar-refractivity contribution >= 4 is 84.5 Å². The Hall–Kier alpha value is -5.68. The predicted octanol–water partition coefficient (Wildman–Crippen LogP) is 17.8. The molecule has 3 aliphatic carbocycles. The molecule has 14 rings (SSSR count). The number of aromatic nitrogens is 1. The molecule has 1 saturated carbocycles. The molecule has 0 radical (unpaired) electrons. The largest absolute Gasteiger partial charge is 0.439 e. The molecule has 6 aromatic carbocycles. The van der Waals surface area contributed by atoms with Crippen molar-refractivity contribution in [2.45, 2.75) is 219 Å². The van der Waals surface area contributed by atoms with Gasteiger partial charge in [-0.2, -0.15) is 0 Å². The maximum Gasteiger partial charge on any atom is 0.252 e. The van der Waals surface area contributed by atoms with E-state index < -0.39 is 0 Å². The van der Waals surface area contributed by atoms with Crippen molar-refractivity contribution in [3.8, 4) is 5.69 Å². The second-order valence-corrected chi connectivity index (χ2v) is 30.7. The van der Waals surface area contributed by atoms with Crippen molar-refractivity contribution in [3.63, 3.8) is 0 Å². The first-order chi connectivity index (χ1) is 36.0. The van der Waals surface area contributed by atoms with Gasteiger partial charge in [0.05, 0.1) is 22.1 Å². The summed E-state index contributed by atoms with van der Waals surface area (Å²) in [6.45, 7) is 44.6. The molecular weight excluding hydrogens is 934 g/mol. The minimum atomic E-state index is -0.149. The third-order valence-corrected chi connectivity index (χ3v) is 22.0. The Morgan fingerprint density at radius 2 is 1.17 bits per heavy atom. The first kappa shape index (κ1) is 49.6. The molecule has 8 aromatic rings. The molecule has 0 spiro atoms. The van der Waals surface area contributed by atoms with Crippen molar-refractivity contribution < 1.29 is 4.42 Å². The van der Waals surface area contributed by atoms with Crippen molar-refractivity contribution in [1.29, 1.82) is 0 Å². The summed E-state index contributed by atoms with van der Waals surface area (Å²) < 4.78 is 9.94. The van der Waals surface area contributed by atoms with Gasteiger partial charge in [-0.05, 0) is 195 Å². The van der Waals surface area contributed by atoms with Crippen LogP contribution in [-0.4, -0.2) is 16.8 Å². The molecule has 5 heterocycles. The summed E-state index contributed by atoms with van der Waals surface area (Å²) in [6, 6.07) is 34.9. The van der Waals surface area contributed by atoms with E-state index in [9.17, 15) is 0 Å². The third kappa shape index (κ3) is 6.41. The highest BCUT2D eigenvalue weighted by Crippen LogP contribution is 2.63. The summed E-state index contributed by atoms with van der Waals surface area (Å²) in [6.07, 6.45) is 9.52. The lowest BCUT2D eigenvalue weighted by atomic mass is 9.33. The van der Waals surface area contributed by atoms with Crippen molar-refractivity contribution in [2.24, 2.45) is 0 Å². The first-order valence-corrected chi connectivity index (χ1v) is 29.8. The van der Waals surface area contributed by atoms with E-state index in [-0.39, 0.29) is 50.2 Å². The van der Waals surface area contributed by atoms with Crippen LogP contribution in [0.3, 0.4) is 0 Å². The first-order valence-electron chi connectivity index (χ1n) is 29.8. The van der Waals surface area contributed by atoms with Gasteiger partial charge in [0.25, 0.3) is 6.71 Å². The molecule has 0 amide bonds. The minimum absolute atomic E-state index is 0.0201. The molecule has 6 aliphatic rings. The van der Waals surface area contributed by atoms with E-state index in [1.165, 1.54) is 162 Å². The number of para-hydroxylation sites is 1. The smallest absolute Gasteiger partial charge is 0.252 e. The third-order valence-electron chi connectivity index (χ3n) is 22.0. The topological polar surface area (TPSA) is 24.6 Å². The van der Waals surface area contributed by atoms with Crippen LogP contribution in [0.1, 0.15) is 212 Å². The van der Waals surface area contributed by atoms with E-state index in [1.807, 2.05) is 0 Å². The zero-order valence-corrected chi connectivity index (χ0v) is 50.1. The van der Waals surface area contributed by atoms with Gasteiger partial charge in [0.2, 0.25) is 5.71 Å². The molecule has 1 fully saturated rings. The van der Waals surface area contributed by atoms with E-state index in [0.29, 0.717) is 0 Å². The van der Waals surface area contributed by atoms with Gasteiger partial charge >= 0.3 is 0 Å². The van der Waals surface area contributed by atoms with Gasteiger partial charge in [-0.25, -0.2) is 0 Å². The molecule has 396 valence electrons. The number of anilines is 5. The van der Waals surface area contributed by atoms with Gasteiger partial charge < -0.3 is 14.2 Å². The van der Waals surface area contributed by atoms with Crippen LogP contribution < -0.4 is 26.2 Å². The highest BCUT2D eigenvalue weighted by Gasteiger charge is 2.62. The number of aryl methyl sites for hydroxylation is 1. The van der Waals surface area contributed by atoms with E-state index in [1.54, 1.807) is 5.56 Å². The Kier molecular flexibility index (Phi) is 9.77. The van der Waals surface area contributed by atoms with Gasteiger partial charge in [-0.15, -0.1) is 0 Å². The van der Waals surface area contributed by atoms with Crippen LogP contribution in [0.15, 0.2) is 89.3 Å². The number of benzene rings is 6. The van der Waals surface area contributed by atoms with Crippen LogP contribution in [0.2, 0.25) is 0 Å². The second kappa shape index (κ2) is 15.2. The fourth-order valence-corrected chi connectivity index (χ4v) is 16.9. The Labute approximate surface area is 461 Å². The Balaban J connectivity index is 1.18. The molecule has 0 N–H and O–H groups in total. The fraction of sp³-hybridized carbons (Fsp3) is 0.472. The van der Waals surface area contributed by atoms with Crippen LogP contribution in [0.5, 0.6) is 0 Å². The van der Waals surface area contributed by atoms with Gasteiger partial charge in [-0.3, -0.25) is 4.57 Å². The lowest BCUT2D eigenvalue weighted by molar-refractivity contribution is 0.195. The molecule has 5 heteroatoms. The van der Waals surface area contributed by atoms with Crippen LogP contribution in [0.25, 0.3) is 38.7 Å². The summed E-state index contributed by atoms with van der Waals surface area (Å²) in [5.41, 5.74) is 28.5. The Bertz CT molecular complexity index is 3920. The molecule has 77 heavy (non-hydrogen) atoms. The van der Waals surface area contributed by atoms with Crippen molar-refractivity contribution in [3.05, 3.63) is 135 Å². The average Bonchev–Trinajstić information content (AvgIpc) is 2.91. The molecule has 2 aromatic heterocycles. The molecule has 2 unspecified atom stereocenters. The zero-order chi connectivity index (χ0) is 54.4. The standard InChI is InChI=1S/C72H84BN3O/c1-41-33-49-50(69(13,14)30-29-68(49,11)12)40-55(41)74(54-26-25-48-60(42(54)2)70(15,16)32-31-67(48,9)10)45-38-56-61-57(39-45)76-63-51(71(17)27-21-22-28-72(71,76)18)35-44(66(6,7)8)37-53(63)73(61)52-36-43(65(3,4)5)34-47-59-46-23-19-20-24-58(46)77-64(59)75(56)62(47)52/h19-20,23-26,33-40H,21-22,27-32H2,1-18H3. The Morgan fingerprint density at radius 3 is 1.87 bits per heavy atom. The average molecular weight is 1020 g/mol. The lowest BCUT2D eigenvalue weighted by Crippen LogP contribution is -2.64. The van der Waals surface area contributed by atoms with Crippen LogP contribution in [-0.2, 0) is 37.9 Å². The Morgan fingerprint density at radius 1 is 0.558 bits per heavy atom. The van der Waals surface area contributed by atoms with Gasteiger partial charge in [0.1, 0.15) is 5.58 Å². The van der Waals surface area contributed by atoms with E-state index in [4.69, 9.17) is 4.42 Å². The highest BCUT2D eigenvalue weighted by atomic mass is 16.3.